The molecule has 0 radical (unpaired) electrons. The molecule has 46 heteroatoms. The molecule has 7 aromatic rings. The molecule has 24 N–H and O–H groups in total. The van der Waals surface area contributed by atoms with Gasteiger partial charge in [0, 0.05) is 56.5 Å². The standard InChI is InChI=1S/C95H109Cl2N11O33/c1-39(2)12-9-7-8-10-13-67(118)102-75-81(123)78(120)65(37-110)138-94(75)141-85-62-31-47-32-63(85)135-59-21-17-45(29-54(59)97)84(140-93-74(100-41(4)113)80(122)77(119)64(36-109)137-93)76-92(132)106-73(87(127)98-22-11-23-108(5)6)52-34-49(115)35-61(136-95-83(125)82(124)79(121)66(38-111)139-95)68(52)51-28-43(15-18-56(51)116)70(89(129)107-76)104-91(131)72(47)105-90(130)71-46-26-48(114)33-50(27-46)133-60-30-44(16-19-57(60)117)69(99-40(3)112)88(128)101-55(86(126)103-71)25-42-14-20-58(134-62)53(96)24-42/h14-21,24,26-35,39,55,64-66,69-81,84,93-95,109-111,114-117,119-125H,7-13,22-23,25,36-38H2,1-6H3,(H,98,127)(H,99,112)(H,100,113)(H,101,128)(H,102,118)(H,103,126)(H,104,131)(H,105,130)(H,106,132)(H,107,129)/t55-,64-,65-,66-,69+,70-,71+,72-,73-,74-,75-,76+,77-,78-,79-,80-,81-,84-,93+,94+,95+/m1/s1/i99+1. The SMILES string of the molecule is CC(=O)N[C@H]1[C@H](O[C@@H]2c3ccc(c(Cl)c3)Oc3cc4cc(c3O[C@@H]3O[C@H](CO)[C@@H](O)[C@H](O)[C@H]3NC(=O)CCCCCCC(C)C)Oc3ccc(cc3Cl)C[C@H]3NC(=O)[C@@H]([15NH]C(C)=O)c5ccc(O)c(c5)Oc5cc(O)cc(c5)[C@H](NC3=O)C(=O)N[C@H]4C(=O)N[C@H]3C(=O)N[C@@H]2C(=O)N[C@@H](C(=O)NCCCN(C)C)c2cc(O)cc(O[C@H]4O[C@H](CO)[C@@H](O)C(O)=C4O)c2-c2cc3ccc2O)O[C@H](CO)[C@@H](O)[C@@H]1O. The summed E-state index contributed by atoms with van der Waals surface area (Å²) in [6.45, 7) is 3.21. The van der Waals surface area contributed by atoms with Gasteiger partial charge in [-0.05, 0) is 157 Å². The highest BCUT2D eigenvalue weighted by molar-refractivity contribution is 6.32. The first kappa shape index (κ1) is 104. The second-order valence-electron chi connectivity index (χ2n) is 35.7. The van der Waals surface area contributed by atoms with Crippen LogP contribution in [0.25, 0.3) is 11.1 Å². The lowest BCUT2D eigenvalue weighted by Gasteiger charge is -2.44. The molecule has 7 aromatic carbocycles. The third kappa shape index (κ3) is 23.7. The molecule has 9 aliphatic rings. The number of carbonyl (C=O) groups excluding carboxylic acids is 10. The highest BCUT2D eigenvalue weighted by Crippen LogP contribution is 2.51. The highest BCUT2D eigenvalue weighted by Gasteiger charge is 2.52. The van der Waals surface area contributed by atoms with Gasteiger partial charge in [0.05, 0.1) is 29.9 Å². The van der Waals surface area contributed by atoms with E-state index < -0.39 is 327 Å². The lowest BCUT2D eigenvalue weighted by molar-refractivity contribution is -0.284. The molecule has 9 aliphatic heterocycles. The molecule has 0 aliphatic carbocycles. The van der Waals surface area contributed by atoms with Gasteiger partial charge in [-0.1, -0.05) is 87.0 Å². The Morgan fingerprint density at radius 3 is 1.73 bits per heavy atom. The Balaban J connectivity index is 1.05. The highest BCUT2D eigenvalue weighted by atomic mass is 35.5. The van der Waals surface area contributed by atoms with Crippen molar-refractivity contribution in [2.45, 2.75) is 207 Å². The van der Waals surface area contributed by atoms with E-state index in [2.05, 4.69) is 67.0 Å². The van der Waals surface area contributed by atoms with Crippen molar-refractivity contribution in [2.75, 3.05) is 47.0 Å². The molecule has 0 spiro atoms. The second-order valence-corrected chi connectivity index (χ2v) is 36.5. The number of rotatable bonds is 24. The quantitative estimate of drug-likeness (QED) is 0.0305. The molecule has 756 valence electrons. The summed E-state index contributed by atoms with van der Waals surface area (Å²) in [6.07, 6.45) is -21.5. The van der Waals surface area contributed by atoms with Gasteiger partial charge in [0.1, 0.15) is 150 Å². The van der Waals surface area contributed by atoms with Crippen molar-refractivity contribution in [1.29, 1.82) is 0 Å². The number of phenolic OH excluding ortho intramolecular Hbond substituents is 4. The van der Waals surface area contributed by atoms with Gasteiger partial charge >= 0.3 is 0 Å². The molecule has 44 nitrogen and oxygen atoms in total. The number of nitrogens with zero attached hydrogens (tertiary/aromatic N) is 1. The van der Waals surface area contributed by atoms with Crippen LogP contribution < -0.4 is 76.9 Å². The van der Waals surface area contributed by atoms with Gasteiger partial charge in [-0.15, -0.1) is 0 Å². The number of aliphatic hydroxyl groups excluding tert-OH is 10. The van der Waals surface area contributed by atoms with Crippen LogP contribution in [0.2, 0.25) is 10.0 Å². The third-order valence-electron chi connectivity index (χ3n) is 24.5. The Bertz CT molecular complexity index is 5940. The first-order valence-corrected chi connectivity index (χ1v) is 46.0. The molecule has 16 rings (SSSR count). The Morgan fingerprint density at radius 1 is 0.511 bits per heavy atom. The topological polar surface area (TPSA) is 661 Å². The van der Waals surface area contributed by atoms with Crippen molar-refractivity contribution in [2.24, 2.45) is 5.92 Å². The molecule has 17 bridgehead atoms. The zero-order chi connectivity index (χ0) is 102. The Labute approximate surface area is 814 Å². The summed E-state index contributed by atoms with van der Waals surface area (Å²) in [6, 6.07) is 1.24. The van der Waals surface area contributed by atoms with Crippen LogP contribution in [-0.4, -0.2) is 274 Å². The van der Waals surface area contributed by atoms with Gasteiger partial charge in [0.25, 0.3) is 6.29 Å². The fraction of sp³-hybridized carbons (Fsp3) is 0.432. The molecule has 9 heterocycles. The summed E-state index contributed by atoms with van der Waals surface area (Å²) < 4.78 is 58.2. The van der Waals surface area contributed by atoms with Crippen molar-refractivity contribution in [3.63, 3.8) is 0 Å². The van der Waals surface area contributed by atoms with Crippen molar-refractivity contribution in [1.82, 2.24) is 58.1 Å². The number of nitrogens with one attached hydrogen (secondary N) is 10. The van der Waals surface area contributed by atoms with Crippen LogP contribution in [0.1, 0.15) is 148 Å². The van der Waals surface area contributed by atoms with Crippen LogP contribution in [0, 0.1) is 5.92 Å². The maximum Gasteiger partial charge on any atom is 0.262 e. The van der Waals surface area contributed by atoms with E-state index in [9.17, 15) is 85.9 Å². The molecule has 0 unspecified atom stereocenters. The van der Waals surface area contributed by atoms with Crippen molar-refractivity contribution < 1.29 is 162 Å². The summed E-state index contributed by atoms with van der Waals surface area (Å²) in [4.78, 5) is 157. The summed E-state index contributed by atoms with van der Waals surface area (Å²) >= 11 is 14.9. The second kappa shape index (κ2) is 44.8. The fourth-order valence-corrected chi connectivity index (χ4v) is 17.8. The minimum absolute atomic E-state index is 0.0279. The number of aromatic hydroxyl groups is 4. The van der Waals surface area contributed by atoms with Crippen LogP contribution in [0.4, 0.5) is 0 Å². The lowest BCUT2D eigenvalue weighted by atomic mass is 9.89. The zero-order valence-electron chi connectivity index (χ0n) is 76.6. The molecule has 10 amide bonds. The Kier molecular flexibility index (Phi) is 32.9. The van der Waals surface area contributed by atoms with E-state index >= 15 is 33.6 Å². The van der Waals surface area contributed by atoms with Crippen LogP contribution in [0.15, 0.2) is 127 Å². The summed E-state index contributed by atoms with van der Waals surface area (Å²) in [7, 11) is 3.46. The van der Waals surface area contributed by atoms with Gasteiger partial charge in [-0.25, -0.2) is 0 Å². The summed E-state index contributed by atoms with van der Waals surface area (Å²) in [5, 5.41) is 186. The first-order valence-electron chi connectivity index (χ1n) is 45.2. The molecule has 0 saturated carbocycles. The Morgan fingerprint density at radius 2 is 1.09 bits per heavy atom. The van der Waals surface area contributed by atoms with Gasteiger partial charge in [-0.3, -0.25) is 47.9 Å². The molecular formula is C95H109Cl2N11O33. The molecule has 21 atom stereocenters. The molecule has 2 fully saturated rings. The largest absolute Gasteiger partial charge is 0.508 e. The number of ether oxygens (including phenoxy) is 9. The van der Waals surface area contributed by atoms with Gasteiger partial charge in [-0.2, -0.15) is 0 Å². The van der Waals surface area contributed by atoms with Gasteiger partial charge in [0.2, 0.25) is 76.9 Å². The number of carbonyl (C=O) groups is 10. The van der Waals surface area contributed by atoms with E-state index in [1.807, 2.05) is 0 Å². The van der Waals surface area contributed by atoms with Gasteiger partial charge in [0.15, 0.2) is 35.0 Å². The number of phenols is 4. The smallest absolute Gasteiger partial charge is 0.262 e. The number of hydrogen-bond acceptors (Lipinski definition) is 34. The zero-order valence-corrected chi connectivity index (χ0v) is 78.1. The maximum atomic E-state index is 17.2. The maximum absolute atomic E-state index is 17.2. The van der Waals surface area contributed by atoms with E-state index in [1.165, 1.54) is 30.3 Å². The van der Waals surface area contributed by atoms with Crippen LogP contribution in [-0.2, 0) is 73.3 Å². The number of fused-ring (bicyclic) bond motifs is 14. The number of amides is 10. The van der Waals surface area contributed by atoms with Crippen molar-refractivity contribution >= 4 is 82.3 Å². The number of aliphatic hydroxyl groups is 10. The molecule has 0 aromatic heterocycles. The third-order valence-corrected chi connectivity index (χ3v) is 25.1. The van der Waals surface area contributed by atoms with E-state index in [1.54, 1.807) is 19.0 Å². The van der Waals surface area contributed by atoms with Crippen LogP contribution in [0.5, 0.6) is 69.0 Å². The predicted molar refractivity (Wildman–Crippen MR) is 492 cm³/mol. The normalized spacial score (nSPS) is 26.8. The van der Waals surface area contributed by atoms with Crippen molar-refractivity contribution in [3.8, 4) is 80.1 Å². The van der Waals surface area contributed by atoms with Gasteiger partial charge < -0.3 is 172 Å². The molecular weight excluding hydrogens is 1890 g/mol. The number of benzene rings is 7. The first-order chi connectivity index (χ1) is 67.1. The van der Waals surface area contributed by atoms with Crippen molar-refractivity contribution in [3.05, 3.63) is 176 Å². The van der Waals surface area contributed by atoms with Crippen LogP contribution in [0.3, 0.4) is 0 Å². The number of unbranched alkanes of at least 4 members (excludes halogenated alkanes) is 3. The fourth-order valence-electron chi connectivity index (χ4n) is 17.3. The average molecular weight is 2000 g/mol. The summed E-state index contributed by atoms with van der Waals surface area (Å²) in [5.41, 5.74) is -3.46. The number of halogens is 2. The molecule has 141 heavy (non-hydrogen) atoms. The monoisotopic (exact) mass is 2000 g/mol. The van der Waals surface area contributed by atoms with E-state index in [-0.39, 0.29) is 46.8 Å². The average Bonchev–Trinajstić information content (AvgIpc) is 0.754. The minimum atomic E-state index is -2.54. The number of hydrogen-bond donors (Lipinski definition) is 24. The van der Waals surface area contributed by atoms with E-state index in [0.717, 1.165) is 118 Å². The summed E-state index contributed by atoms with van der Waals surface area (Å²) in [5.74, 6) is -21.4. The van der Waals surface area contributed by atoms with E-state index in [0.29, 0.717) is 25.3 Å². The predicted octanol–water partition coefficient (Wildman–Crippen LogP) is 2.79. The Hall–Kier alpha value is -13.2. The van der Waals surface area contributed by atoms with E-state index in [4.69, 9.17) is 65.8 Å². The lowest BCUT2D eigenvalue weighted by Crippen LogP contribution is -2.65. The molecule has 2 saturated heterocycles. The minimum Gasteiger partial charge on any atom is -0.508 e. The van der Waals surface area contributed by atoms with Crippen LogP contribution >= 0.6 is 23.2 Å².